The van der Waals surface area contributed by atoms with Gasteiger partial charge >= 0.3 is 0 Å². The minimum absolute atomic E-state index is 0.216. The van der Waals surface area contributed by atoms with Crippen LogP contribution in [0.15, 0.2) is 60.9 Å². The van der Waals surface area contributed by atoms with Gasteiger partial charge in [-0.3, -0.25) is 4.79 Å². The van der Waals surface area contributed by atoms with E-state index in [1.807, 2.05) is 30.3 Å². The van der Waals surface area contributed by atoms with Gasteiger partial charge in [0, 0.05) is 23.7 Å². The highest BCUT2D eigenvalue weighted by atomic mass is 35.5. The number of benzene rings is 2. The highest BCUT2D eigenvalue weighted by molar-refractivity contribution is 6.36. The van der Waals surface area contributed by atoms with Crippen molar-refractivity contribution in [2.75, 3.05) is 0 Å². The Bertz CT molecular complexity index is 1530. The summed E-state index contributed by atoms with van der Waals surface area (Å²) >= 11 is 6.53. The summed E-state index contributed by atoms with van der Waals surface area (Å²) in [4.78, 5) is 29.4. The fourth-order valence-electron chi connectivity index (χ4n) is 4.81. The quantitative estimate of drug-likeness (QED) is 0.259. The molecule has 0 bridgehead atoms. The van der Waals surface area contributed by atoms with E-state index in [9.17, 15) is 9.90 Å². The first-order chi connectivity index (χ1) is 17.1. The van der Waals surface area contributed by atoms with E-state index in [4.69, 9.17) is 21.3 Å². The topological polar surface area (TPSA) is 104 Å². The summed E-state index contributed by atoms with van der Waals surface area (Å²) in [6.45, 7) is 0. The molecule has 0 atom stereocenters. The second kappa shape index (κ2) is 8.83. The number of hydrogen-bond donors (Lipinski definition) is 3. The van der Waals surface area contributed by atoms with Crippen LogP contribution in [0.1, 0.15) is 53.3 Å². The number of carbonyl (C=O) groups excluding carboxylic acids is 1. The summed E-state index contributed by atoms with van der Waals surface area (Å²) in [6, 6.07) is 14.5. The summed E-state index contributed by atoms with van der Waals surface area (Å²) < 4.78 is 5.84. The van der Waals surface area contributed by atoms with E-state index in [1.165, 1.54) is 0 Å². The molecule has 0 amide bonds. The van der Waals surface area contributed by atoms with Crippen molar-refractivity contribution in [3.05, 3.63) is 82.9 Å². The average molecular weight is 487 g/mol. The molecule has 0 unspecified atom stereocenters. The van der Waals surface area contributed by atoms with E-state index in [1.54, 1.807) is 30.6 Å². The summed E-state index contributed by atoms with van der Waals surface area (Å²) in [5.41, 5.74) is 2.93. The Kier molecular flexibility index (Phi) is 5.51. The second-order valence-electron chi connectivity index (χ2n) is 8.96. The predicted molar refractivity (Wildman–Crippen MR) is 134 cm³/mol. The van der Waals surface area contributed by atoms with Gasteiger partial charge < -0.3 is 19.8 Å². The number of halogens is 1. The predicted octanol–water partition coefficient (Wildman–Crippen LogP) is 6.13. The van der Waals surface area contributed by atoms with Crippen LogP contribution in [0.4, 0.5) is 0 Å². The molecular weight excluding hydrogens is 464 g/mol. The number of fused-ring (bicyclic) bond motifs is 3. The number of ether oxygens (including phenoxy) is 1. The van der Waals surface area contributed by atoms with Gasteiger partial charge in [0.25, 0.3) is 0 Å². The van der Waals surface area contributed by atoms with E-state index in [0.717, 1.165) is 37.0 Å². The standard InChI is InChI=1S/C27H23ClN4O3/c28-21-12-18(35-17-4-2-1-3-5-17)10-11-19(21)25(34)20-13-29-27-23(20)24-22(14-30-27)31-26(32-24)15-6-8-16(33)9-7-15/h1-5,10-16,33H,6-9H2,(H,29,30)(H,31,32). The molecule has 2 aromatic carbocycles. The van der Waals surface area contributed by atoms with E-state index in [0.29, 0.717) is 44.2 Å². The number of ketones is 1. The Hall–Kier alpha value is -3.68. The van der Waals surface area contributed by atoms with E-state index >= 15 is 0 Å². The Labute approximate surface area is 206 Å². The summed E-state index contributed by atoms with van der Waals surface area (Å²) in [5.74, 6) is 2.16. The minimum Gasteiger partial charge on any atom is -0.457 e. The average Bonchev–Trinajstić information content (AvgIpc) is 3.49. The molecule has 7 nitrogen and oxygen atoms in total. The van der Waals surface area contributed by atoms with Crippen LogP contribution < -0.4 is 4.74 Å². The molecule has 3 N–H and O–H groups in total. The lowest BCUT2D eigenvalue weighted by Gasteiger charge is -2.23. The van der Waals surface area contributed by atoms with Crippen LogP contribution in [0.3, 0.4) is 0 Å². The van der Waals surface area contributed by atoms with Gasteiger partial charge in [0.1, 0.15) is 28.5 Å². The number of carbonyl (C=O) groups is 1. The van der Waals surface area contributed by atoms with Gasteiger partial charge in [0.15, 0.2) is 5.78 Å². The number of nitrogens with one attached hydrogen (secondary N) is 2. The molecule has 176 valence electrons. The third-order valence-corrected chi connectivity index (χ3v) is 6.97. The van der Waals surface area contributed by atoms with Crippen molar-refractivity contribution in [1.29, 1.82) is 0 Å². The molecule has 1 saturated carbocycles. The Morgan fingerprint density at radius 1 is 1.03 bits per heavy atom. The van der Waals surface area contributed by atoms with Crippen molar-refractivity contribution in [3.8, 4) is 11.5 Å². The van der Waals surface area contributed by atoms with E-state index in [-0.39, 0.29) is 17.8 Å². The number of aliphatic hydroxyl groups excluding tert-OH is 1. The number of aliphatic hydroxyl groups is 1. The summed E-state index contributed by atoms with van der Waals surface area (Å²) in [7, 11) is 0. The van der Waals surface area contributed by atoms with Crippen LogP contribution in [-0.2, 0) is 0 Å². The molecule has 0 saturated heterocycles. The number of aromatic amines is 2. The van der Waals surface area contributed by atoms with Gasteiger partial charge in [0.2, 0.25) is 0 Å². The number of imidazole rings is 1. The highest BCUT2D eigenvalue weighted by Crippen LogP contribution is 2.35. The first-order valence-corrected chi connectivity index (χ1v) is 12.1. The van der Waals surface area contributed by atoms with Crippen LogP contribution in [0.25, 0.3) is 22.1 Å². The Morgan fingerprint density at radius 2 is 1.83 bits per heavy atom. The molecule has 3 aromatic heterocycles. The van der Waals surface area contributed by atoms with Crippen LogP contribution in [0, 0.1) is 0 Å². The zero-order valence-electron chi connectivity index (χ0n) is 18.8. The normalized spacial score (nSPS) is 18.2. The molecule has 35 heavy (non-hydrogen) atoms. The van der Waals surface area contributed by atoms with Gasteiger partial charge in [-0.2, -0.15) is 0 Å². The number of hydrogen-bond acceptors (Lipinski definition) is 5. The molecule has 0 spiro atoms. The summed E-state index contributed by atoms with van der Waals surface area (Å²) in [5, 5.41) is 10.8. The number of para-hydroxylation sites is 1. The zero-order chi connectivity index (χ0) is 23.9. The molecule has 8 heteroatoms. The fourth-order valence-corrected chi connectivity index (χ4v) is 5.06. The lowest BCUT2D eigenvalue weighted by molar-refractivity contribution is 0.104. The molecule has 3 heterocycles. The van der Waals surface area contributed by atoms with E-state index in [2.05, 4.69) is 15.0 Å². The van der Waals surface area contributed by atoms with Crippen molar-refractivity contribution >= 4 is 39.5 Å². The lowest BCUT2D eigenvalue weighted by Crippen LogP contribution is -2.17. The maximum absolute atomic E-state index is 13.6. The molecule has 1 fully saturated rings. The number of pyridine rings is 1. The van der Waals surface area contributed by atoms with Crippen molar-refractivity contribution < 1.29 is 14.6 Å². The van der Waals surface area contributed by atoms with Crippen molar-refractivity contribution in [3.63, 3.8) is 0 Å². The fraction of sp³-hybridized carbons (Fsp3) is 0.222. The van der Waals surface area contributed by atoms with Gasteiger partial charge in [-0.05, 0) is 49.9 Å². The first-order valence-electron chi connectivity index (χ1n) is 11.7. The van der Waals surface area contributed by atoms with Crippen molar-refractivity contribution in [2.45, 2.75) is 37.7 Å². The molecular formula is C27H23ClN4O3. The third-order valence-electron chi connectivity index (χ3n) is 6.66. The molecule has 5 aromatic rings. The van der Waals surface area contributed by atoms with Gasteiger partial charge in [-0.15, -0.1) is 0 Å². The van der Waals surface area contributed by atoms with E-state index < -0.39 is 0 Å². The Balaban J connectivity index is 1.35. The van der Waals surface area contributed by atoms with Crippen LogP contribution in [0.2, 0.25) is 5.02 Å². The molecule has 1 aliphatic rings. The number of nitrogens with zero attached hydrogens (tertiary/aromatic N) is 2. The maximum atomic E-state index is 13.6. The minimum atomic E-state index is -0.230. The zero-order valence-corrected chi connectivity index (χ0v) is 19.5. The third kappa shape index (κ3) is 4.07. The number of aromatic nitrogens is 4. The monoisotopic (exact) mass is 486 g/mol. The molecule has 1 aliphatic carbocycles. The first kappa shape index (κ1) is 21.8. The molecule has 0 radical (unpaired) electrons. The SMILES string of the molecule is O=C(c1ccc(Oc2ccccc2)cc1Cl)c1c[nH]c2ncc3[nH]c(C4CCC(O)CC4)nc3c12. The van der Waals surface area contributed by atoms with Crippen LogP contribution in [-0.4, -0.2) is 36.9 Å². The highest BCUT2D eigenvalue weighted by Gasteiger charge is 2.25. The maximum Gasteiger partial charge on any atom is 0.196 e. The number of H-pyrrole nitrogens is 2. The van der Waals surface area contributed by atoms with Gasteiger partial charge in [-0.25, -0.2) is 9.97 Å². The van der Waals surface area contributed by atoms with Gasteiger partial charge in [-0.1, -0.05) is 29.8 Å². The van der Waals surface area contributed by atoms with Crippen LogP contribution >= 0.6 is 11.6 Å². The van der Waals surface area contributed by atoms with Crippen molar-refractivity contribution in [1.82, 2.24) is 19.9 Å². The van der Waals surface area contributed by atoms with Crippen LogP contribution in [0.5, 0.6) is 11.5 Å². The molecule has 6 rings (SSSR count). The van der Waals surface area contributed by atoms with Crippen molar-refractivity contribution in [2.24, 2.45) is 0 Å². The largest absolute Gasteiger partial charge is 0.457 e. The smallest absolute Gasteiger partial charge is 0.196 e. The summed E-state index contributed by atoms with van der Waals surface area (Å²) in [6.07, 6.45) is 6.46. The lowest BCUT2D eigenvalue weighted by atomic mass is 9.87. The Morgan fingerprint density at radius 3 is 2.60 bits per heavy atom. The second-order valence-corrected chi connectivity index (χ2v) is 9.37. The molecule has 0 aliphatic heterocycles. The number of rotatable bonds is 5. The van der Waals surface area contributed by atoms with Gasteiger partial charge in [0.05, 0.1) is 33.8 Å².